The summed E-state index contributed by atoms with van der Waals surface area (Å²) in [5.74, 6) is 2.13. The van der Waals surface area contributed by atoms with E-state index in [0.717, 1.165) is 22.0 Å². The number of fused-ring (bicyclic) bond motifs is 1. The van der Waals surface area contributed by atoms with Crippen LogP contribution >= 0.6 is 11.3 Å². The van der Waals surface area contributed by atoms with Crippen molar-refractivity contribution >= 4 is 23.3 Å². The van der Waals surface area contributed by atoms with Crippen LogP contribution in [0.3, 0.4) is 0 Å². The first-order valence-electron chi connectivity index (χ1n) is 8.69. The van der Waals surface area contributed by atoms with Crippen molar-refractivity contribution in [3.8, 4) is 11.5 Å². The van der Waals surface area contributed by atoms with Crippen LogP contribution < -0.4 is 9.47 Å². The molecule has 2 aromatic heterocycles. The summed E-state index contributed by atoms with van der Waals surface area (Å²) in [6.07, 6.45) is 5.00. The fourth-order valence-electron chi connectivity index (χ4n) is 2.83. The number of nitrogens with zero attached hydrogens (tertiary/aromatic N) is 1. The van der Waals surface area contributed by atoms with Gasteiger partial charge in [-0.05, 0) is 47.4 Å². The van der Waals surface area contributed by atoms with Crippen LogP contribution in [0, 0.1) is 0 Å². The van der Waals surface area contributed by atoms with E-state index in [0.29, 0.717) is 32.1 Å². The molecule has 0 N–H and O–H groups in total. The van der Waals surface area contributed by atoms with Crippen molar-refractivity contribution in [2.24, 2.45) is 0 Å². The number of hydrogen-bond donors (Lipinski definition) is 0. The number of thiophene rings is 1. The van der Waals surface area contributed by atoms with Crippen molar-refractivity contribution in [1.29, 1.82) is 0 Å². The van der Waals surface area contributed by atoms with Crippen molar-refractivity contribution in [3.05, 3.63) is 76.4 Å². The average Bonchev–Trinajstić information content (AvgIpc) is 3.39. The van der Waals surface area contributed by atoms with Crippen LogP contribution in [0.15, 0.2) is 64.6 Å². The van der Waals surface area contributed by atoms with E-state index in [1.807, 2.05) is 47.8 Å². The van der Waals surface area contributed by atoms with E-state index in [2.05, 4.69) is 0 Å². The van der Waals surface area contributed by atoms with Crippen LogP contribution in [-0.4, -0.2) is 24.0 Å². The zero-order valence-electron chi connectivity index (χ0n) is 14.7. The lowest BCUT2D eigenvalue weighted by molar-refractivity contribution is -0.127. The number of hydrogen-bond acceptors (Lipinski definition) is 5. The summed E-state index contributed by atoms with van der Waals surface area (Å²) in [6.45, 7) is 2.07. The zero-order chi connectivity index (χ0) is 18.5. The molecule has 3 heterocycles. The summed E-state index contributed by atoms with van der Waals surface area (Å²) in [5.41, 5.74) is 0.890. The second-order valence-corrected chi connectivity index (χ2v) is 7.12. The minimum Gasteiger partial charge on any atom is -0.486 e. The lowest BCUT2D eigenvalue weighted by atomic mass is 10.1. The van der Waals surface area contributed by atoms with Gasteiger partial charge in [0.1, 0.15) is 19.0 Å². The molecular formula is C21H19NO4S. The van der Waals surface area contributed by atoms with Crippen LogP contribution in [0.25, 0.3) is 6.08 Å². The fraction of sp³-hybridized carbons (Fsp3) is 0.190. The molecule has 0 aliphatic carbocycles. The van der Waals surface area contributed by atoms with E-state index in [1.165, 1.54) is 0 Å². The van der Waals surface area contributed by atoms with Crippen molar-refractivity contribution in [2.75, 3.05) is 13.2 Å². The first-order valence-corrected chi connectivity index (χ1v) is 9.57. The molecule has 6 heteroatoms. The molecule has 0 radical (unpaired) electrons. The largest absolute Gasteiger partial charge is 0.486 e. The Bertz CT molecular complexity index is 880. The molecule has 1 amide bonds. The minimum absolute atomic E-state index is 0.0744. The van der Waals surface area contributed by atoms with Gasteiger partial charge in [-0.1, -0.05) is 12.1 Å². The minimum atomic E-state index is -0.0744. The van der Waals surface area contributed by atoms with E-state index in [9.17, 15) is 4.79 Å². The van der Waals surface area contributed by atoms with Crippen LogP contribution in [-0.2, 0) is 17.9 Å². The summed E-state index contributed by atoms with van der Waals surface area (Å²) in [7, 11) is 0. The van der Waals surface area contributed by atoms with Crippen molar-refractivity contribution < 1.29 is 18.7 Å². The van der Waals surface area contributed by atoms with Gasteiger partial charge in [-0.3, -0.25) is 4.79 Å². The van der Waals surface area contributed by atoms with Gasteiger partial charge in [0.2, 0.25) is 5.91 Å². The normalized spacial score (nSPS) is 13.0. The Balaban J connectivity index is 1.49. The Hall–Kier alpha value is -2.99. The molecule has 0 atom stereocenters. The third-order valence-corrected chi connectivity index (χ3v) is 5.01. The van der Waals surface area contributed by atoms with Gasteiger partial charge >= 0.3 is 0 Å². The van der Waals surface area contributed by atoms with Crippen LogP contribution in [0.2, 0.25) is 0 Å². The zero-order valence-corrected chi connectivity index (χ0v) is 15.5. The molecule has 4 rings (SSSR count). The topological polar surface area (TPSA) is 51.9 Å². The van der Waals surface area contributed by atoms with Gasteiger partial charge < -0.3 is 18.8 Å². The summed E-state index contributed by atoms with van der Waals surface area (Å²) in [5, 5.41) is 2.01. The summed E-state index contributed by atoms with van der Waals surface area (Å²) < 4.78 is 16.5. The molecule has 1 aliphatic heterocycles. The van der Waals surface area contributed by atoms with Crippen LogP contribution in [0.5, 0.6) is 11.5 Å². The lowest BCUT2D eigenvalue weighted by Crippen LogP contribution is -2.27. The molecule has 0 spiro atoms. The molecule has 1 aliphatic rings. The second-order valence-electron chi connectivity index (χ2n) is 6.09. The van der Waals surface area contributed by atoms with Gasteiger partial charge in [-0.25, -0.2) is 0 Å². The van der Waals surface area contributed by atoms with E-state index >= 15 is 0 Å². The number of carbonyl (C=O) groups is 1. The molecule has 0 saturated carbocycles. The fourth-order valence-corrected chi connectivity index (χ4v) is 3.55. The van der Waals surface area contributed by atoms with Gasteiger partial charge in [0.15, 0.2) is 11.5 Å². The highest BCUT2D eigenvalue weighted by molar-refractivity contribution is 7.09. The monoisotopic (exact) mass is 381 g/mol. The highest BCUT2D eigenvalue weighted by atomic mass is 32.1. The third-order valence-electron chi connectivity index (χ3n) is 4.15. The molecule has 27 heavy (non-hydrogen) atoms. The molecule has 138 valence electrons. The average molecular weight is 381 g/mol. The maximum Gasteiger partial charge on any atom is 0.247 e. The smallest absolute Gasteiger partial charge is 0.247 e. The van der Waals surface area contributed by atoms with Gasteiger partial charge in [0.05, 0.1) is 19.4 Å². The first-order chi connectivity index (χ1) is 13.3. The number of carbonyl (C=O) groups excluding carboxylic acids is 1. The van der Waals surface area contributed by atoms with Crippen molar-refractivity contribution in [1.82, 2.24) is 4.90 Å². The molecule has 1 aromatic carbocycles. The van der Waals surface area contributed by atoms with Crippen molar-refractivity contribution in [3.63, 3.8) is 0 Å². The molecular weight excluding hydrogens is 362 g/mol. The Morgan fingerprint density at radius 1 is 1.07 bits per heavy atom. The predicted octanol–water partition coefficient (Wildman–Crippen LogP) is 4.35. The summed E-state index contributed by atoms with van der Waals surface area (Å²) >= 11 is 1.63. The second kappa shape index (κ2) is 8.14. The number of furan rings is 1. The Labute approximate surface area is 161 Å². The van der Waals surface area contributed by atoms with E-state index in [4.69, 9.17) is 13.9 Å². The number of amides is 1. The van der Waals surface area contributed by atoms with Gasteiger partial charge in [-0.15, -0.1) is 11.3 Å². The van der Waals surface area contributed by atoms with Crippen LogP contribution in [0.1, 0.15) is 16.2 Å². The Morgan fingerprint density at radius 2 is 1.96 bits per heavy atom. The quantitative estimate of drug-likeness (QED) is 0.596. The Morgan fingerprint density at radius 3 is 2.74 bits per heavy atom. The van der Waals surface area contributed by atoms with E-state index in [-0.39, 0.29) is 5.91 Å². The number of rotatable bonds is 6. The molecule has 0 fully saturated rings. The van der Waals surface area contributed by atoms with Gasteiger partial charge in [0.25, 0.3) is 0 Å². The maximum absolute atomic E-state index is 12.8. The molecule has 0 saturated heterocycles. The number of ether oxygens (including phenoxy) is 2. The molecule has 0 bridgehead atoms. The van der Waals surface area contributed by atoms with E-state index in [1.54, 1.807) is 34.7 Å². The van der Waals surface area contributed by atoms with Crippen LogP contribution in [0.4, 0.5) is 0 Å². The first kappa shape index (κ1) is 17.4. The highest BCUT2D eigenvalue weighted by Crippen LogP contribution is 2.31. The Kier molecular flexibility index (Phi) is 5.25. The number of benzene rings is 1. The summed E-state index contributed by atoms with van der Waals surface area (Å²) in [6, 6.07) is 13.4. The predicted molar refractivity (Wildman–Crippen MR) is 104 cm³/mol. The van der Waals surface area contributed by atoms with Crippen molar-refractivity contribution in [2.45, 2.75) is 13.1 Å². The van der Waals surface area contributed by atoms with E-state index < -0.39 is 0 Å². The molecule has 0 unspecified atom stereocenters. The highest BCUT2D eigenvalue weighted by Gasteiger charge is 2.15. The molecule has 3 aromatic rings. The third kappa shape index (κ3) is 4.41. The SMILES string of the molecule is O=C(/C=C/c1ccc2c(c1)OCCO2)N(Cc1ccco1)Cc1cccs1. The standard InChI is InChI=1S/C21H19NO4S/c23-21(8-6-16-5-7-19-20(13-16)26-11-10-25-19)22(14-17-3-1-9-24-17)15-18-4-2-12-27-18/h1-9,12-13H,10-11,14-15H2/b8-6+. The lowest BCUT2D eigenvalue weighted by Gasteiger charge is -2.19. The maximum atomic E-state index is 12.8. The van der Waals surface area contributed by atoms with Gasteiger partial charge in [0, 0.05) is 11.0 Å². The molecule has 5 nitrogen and oxygen atoms in total. The summed E-state index contributed by atoms with van der Waals surface area (Å²) in [4.78, 5) is 15.7. The van der Waals surface area contributed by atoms with Gasteiger partial charge in [-0.2, -0.15) is 0 Å².